The Bertz CT molecular complexity index is 434. The summed E-state index contributed by atoms with van der Waals surface area (Å²) in [6, 6.07) is 5.88. The van der Waals surface area contributed by atoms with Crippen LogP contribution in [-0.4, -0.2) is 27.7 Å². The van der Waals surface area contributed by atoms with Gasteiger partial charge < -0.3 is 11.1 Å². The molecule has 0 aliphatic carbocycles. The monoisotopic (exact) mass is 191 g/mol. The van der Waals surface area contributed by atoms with E-state index in [-0.39, 0.29) is 0 Å². The Balaban J connectivity index is 2.36. The summed E-state index contributed by atoms with van der Waals surface area (Å²) < 4.78 is 1.80. The number of nitrogens with one attached hydrogen (secondary N) is 1. The normalized spacial score (nSPS) is 10.7. The van der Waals surface area contributed by atoms with Gasteiger partial charge in [-0.3, -0.25) is 0 Å². The molecule has 0 aliphatic rings. The molecule has 5 nitrogen and oxygen atoms in total. The number of hydrogen-bond acceptors (Lipinski definition) is 4. The third-order valence-corrected chi connectivity index (χ3v) is 1.98. The number of nitrogens with two attached hydrogens (primary N) is 1. The van der Waals surface area contributed by atoms with Gasteiger partial charge in [0.15, 0.2) is 5.65 Å². The third-order valence-electron chi connectivity index (χ3n) is 1.98. The largest absolute Gasteiger partial charge is 0.352 e. The first-order valence-electron chi connectivity index (χ1n) is 4.57. The minimum atomic E-state index is 0.578. The SMILES string of the molecule is Cc1cccc2nc(NCCN)nn12. The minimum Gasteiger partial charge on any atom is -0.352 e. The van der Waals surface area contributed by atoms with Crippen molar-refractivity contribution in [3.63, 3.8) is 0 Å². The zero-order valence-corrected chi connectivity index (χ0v) is 8.07. The van der Waals surface area contributed by atoms with Gasteiger partial charge in [-0.2, -0.15) is 4.98 Å². The predicted octanol–water partition coefficient (Wildman–Crippen LogP) is 0.408. The van der Waals surface area contributed by atoms with E-state index in [1.165, 1.54) is 0 Å². The topological polar surface area (TPSA) is 68.2 Å². The van der Waals surface area contributed by atoms with E-state index < -0.39 is 0 Å². The molecule has 2 heterocycles. The Morgan fingerprint density at radius 3 is 3.07 bits per heavy atom. The van der Waals surface area contributed by atoms with E-state index in [9.17, 15) is 0 Å². The lowest BCUT2D eigenvalue weighted by atomic mass is 10.4. The smallest absolute Gasteiger partial charge is 0.243 e. The molecule has 2 rings (SSSR count). The second-order valence-electron chi connectivity index (χ2n) is 3.09. The maximum Gasteiger partial charge on any atom is 0.243 e. The van der Waals surface area contributed by atoms with Crippen LogP contribution in [0.15, 0.2) is 18.2 Å². The summed E-state index contributed by atoms with van der Waals surface area (Å²) in [6.07, 6.45) is 0. The van der Waals surface area contributed by atoms with Crippen molar-refractivity contribution in [3.8, 4) is 0 Å². The fraction of sp³-hybridized carbons (Fsp3) is 0.333. The van der Waals surface area contributed by atoms with Crippen LogP contribution in [0.5, 0.6) is 0 Å². The van der Waals surface area contributed by atoms with Crippen LogP contribution in [-0.2, 0) is 0 Å². The van der Waals surface area contributed by atoms with Gasteiger partial charge in [-0.1, -0.05) is 6.07 Å². The van der Waals surface area contributed by atoms with Crippen molar-refractivity contribution < 1.29 is 0 Å². The molecule has 14 heavy (non-hydrogen) atoms. The average molecular weight is 191 g/mol. The molecule has 0 unspecified atom stereocenters. The molecule has 0 saturated heterocycles. The molecule has 3 N–H and O–H groups in total. The minimum absolute atomic E-state index is 0.578. The molecule has 0 atom stereocenters. The van der Waals surface area contributed by atoms with E-state index in [4.69, 9.17) is 5.73 Å². The molecule has 0 radical (unpaired) electrons. The van der Waals surface area contributed by atoms with Crippen molar-refractivity contribution in [2.75, 3.05) is 18.4 Å². The lowest BCUT2D eigenvalue weighted by Gasteiger charge is -1.95. The van der Waals surface area contributed by atoms with E-state index in [2.05, 4.69) is 15.4 Å². The van der Waals surface area contributed by atoms with Crippen LogP contribution in [0.4, 0.5) is 5.95 Å². The van der Waals surface area contributed by atoms with E-state index in [0.29, 0.717) is 19.0 Å². The van der Waals surface area contributed by atoms with Crippen molar-refractivity contribution in [3.05, 3.63) is 23.9 Å². The fourth-order valence-electron chi connectivity index (χ4n) is 1.29. The van der Waals surface area contributed by atoms with Gasteiger partial charge in [0.1, 0.15) is 0 Å². The van der Waals surface area contributed by atoms with Gasteiger partial charge >= 0.3 is 0 Å². The van der Waals surface area contributed by atoms with Crippen molar-refractivity contribution in [2.45, 2.75) is 6.92 Å². The van der Waals surface area contributed by atoms with Crippen LogP contribution in [0.2, 0.25) is 0 Å². The lowest BCUT2D eigenvalue weighted by molar-refractivity contribution is 0.905. The zero-order chi connectivity index (χ0) is 9.97. The van der Waals surface area contributed by atoms with E-state index in [1.54, 1.807) is 4.52 Å². The number of aromatic nitrogens is 3. The quantitative estimate of drug-likeness (QED) is 0.737. The van der Waals surface area contributed by atoms with Gasteiger partial charge in [0, 0.05) is 18.8 Å². The molecular weight excluding hydrogens is 178 g/mol. The number of pyridine rings is 1. The fourth-order valence-corrected chi connectivity index (χ4v) is 1.29. The molecular formula is C9H13N5. The molecule has 0 amide bonds. The highest BCUT2D eigenvalue weighted by molar-refractivity contribution is 5.44. The zero-order valence-electron chi connectivity index (χ0n) is 8.07. The highest BCUT2D eigenvalue weighted by Crippen LogP contribution is 2.07. The predicted molar refractivity (Wildman–Crippen MR) is 55.3 cm³/mol. The summed E-state index contributed by atoms with van der Waals surface area (Å²) >= 11 is 0. The Kier molecular flexibility index (Phi) is 2.32. The first kappa shape index (κ1) is 8.96. The van der Waals surface area contributed by atoms with E-state index in [0.717, 1.165) is 11.3 Å². The maximum absolute atomic E-state index is 5.38. The Labute approximate surface area is 81.9 Å². The van der Waals surface area contributed by atoms with Gasteiger partial charge in [-0.15, -0.1) is 5.10 Å². The Hall–Kier alpha value is -1.62. The highest BCUT2D eigenvalue weighted by Gasteiger charge is 2.02. The van der Waals surface area contributed by atoms with E-state index >= 15 is 0 Å². The molecule has 0 spiro atoms. The van der Waals surface area contributed by atoms with Crippen LogP contribution in [0.1, 0.15) is 5.69 Å². The molecule has 74 valence electrons. The summed E-state index contributed by atoms with van der Waals surface area (Å²) in [4.78, 5) is 4.30. The first-order chi connectivity index (χ1) is 6.81. The summed E-state index contributed by atoms with van der Waals surface area (Å²) in [5.74, 6) is 0.629. The van der Waals surface area contributed by atoms with Crippen molar-refractivity contribution in [2.24, 2.45) is 5.73 Å². The highest BCUT2D eigenvalue weighted by atomic mass is 15.3. The summed E-state index contributed by atoms with van der Waals surface area (Å²) in [6.45, 7) is 3.26. The summed E-state index contributed by atoms with van der Waals surface area (Å²) in [7, 11) is 0. The van der Waals surface area contributed by atoms with Gasteiger partial charge in [0.25, 0.3) is 0 Å². The second-order valence-corrected chi connectivity index (χ2v) is 3.09. The lowest BCUT2D eigenvalue weighted by Crippen LogP contribution is -2.13. The van der Waals surface area contributed by atoms with Crippen LogP contribution in [0.25, 0.3) is 5.65 Å². The summed E-state index contributed by atoms with van der Waals surface area (Å²) in [5.41, 5.74) is 7.29. The van der Waals surface area contributed by atoms with Gasteiger partial charge in [0.2, 0.25) is 5.95 Å². The van der Waals surface area contributed by atoms with Crippen LogP contribution in [0.3, 0.4) is 0 Å². The average Bonchev–Trinajstić information content (AvgIpc) is 2.59. The second kappa shape index (κ2) is 3.63. The van der Waals surface area contributed by atoms with Crippen LogP contribution in [0, 0.1) is 6.92 Å². The standard InChI is InChI=1S/C9H13N5/c1-7-3-2-4-8-12-9(11-6-5-10)13-14(7)8/h2-4H,5-6,10H2,1H3,(H,11,13). The Morgan fingerprint density at radius 1 is 1.50 bits per heavy atom. The molecule has 0 aromatic carbocycles. The molecule has 0 fully saturated rings. The maximum atomic E-state index is 5.38. The van der Waals surface area contributed by atoms with Crippen molar-refractivity contribution in [1.29, 1.82) is 0 Å². The van der Waals surface area contributed by atoms with E-state index in [1.807, 2.05) is 25.1 Å². The molecule has 0 aliphatic heterocycles. The number of rotatable bonds is 3. The van der Waals surface area contributed by atoms with Crippen molar-refractivity contribution >= 4 is 11.6 Å². The van der Waals surface area contributed by atoms with Gasteiger partial charge in [0.05, 0.1) is 0 Å². The number of aryl methyl sites for hydroxylation is 1. The number of hydrogen-bond donors (Lipinski definition) is 2. The molecule has 2 aromatic heterocycles. The van der Waals surface area contributed by atoms with Gasteiger partial charge in [-0.05, 0) is 19.1 Å². The number of fused-ring (bicyclic) bond motifs is 1. The first-order valence-corrected chi connectivity index (χ1v) is 4.57. The summed E-state index contributed by atoms with van der Waals surface area (Å²) in [5, 5.41) is 7.33. The van der Waals surface area contributed by atoms with Crippen molar-refractivity contribution in [1.82, 2.24) is 14.6 Å². The van der Waals surface area contributed by atoms with Crippen LogP contribution >= 0.6 is 0 Å². The van der Waals surface area contributed by atoms with Crippen LogP contribution < -0.4 is 11.1 Å². The third kappa shape index (κ3) is 1.54. The number of anilines is 1. The molecule has 5 heteroatoms. The van der Waals surface area contributed by atoms with Gasteiger partial charge in [-0.25, -0.2) is 4.52 Å². The number of nitrogens with zero attached hydrogens (tertiary/aromatic N) is 3. The molecule has 0 bridgehead atoms. The Morgan fingerprint density at radius 2 is 2.36 bits per heavy atom. The molecule has 2 aromatic rings. The molecule has 0 saturated carbocycles.